The van der Waals surface area contributed by atoms with E-state index >= 15 is 0 Å². The van der Waals surface area contributed by atoms with Gasteiger partial charge in [-0.15, -0.1) is 0 Å². The lowest BCUT2D eigenvalue weighted by molar-refractivity contribution is -0.152. The Kier molecular flexibility index (Phi) is 7.61. The van der Waals surface area contributed by atoms with Crippen molar-refractivity contribution in [1.29, 1.82) is 0 Å². The van der Waals surface area contributed by atoms with E-state index in [-0.39, 0.29) is 44.4 Å². The van der Waals surface area contributed by atoms with E-state index in [2.05, 4.69) is 16.0 Å². The van der Waals surface area contributed by atoms with Gasteiger partial charge in [-0.1, -0.05) is 18.2 Å². The largest absolute Gasteiger partial charge is 0.490 e. The standard InChI is InChI=1S/C20H26N4O6/c25-17(12-15-19(27)22-7-6-21-15)24-9-8-23-20(28)16(24)13-18(26)30-11-10-29-14-4-2-1-3-5-14/h1-5,15-16,21H,6-13H2,(H,22,27)(H,23,28). The Labute approximate surface area is 174 Å². The quantitative estimate of drug-likeness (QED) is 0.358. The first-order chi connectivity index (χ1) is 14.5. The van der Waals surface area contributed by atoms with Crippen molar-refractivity contribution < 1.29 is 28.7 Å². The fourth-order valence-corrected chi connectivity index (χ4v) is 3.37. The van der Waals surface area contributed by atoms with Crippen molar-refractivity contribution in [3.05, 3.63) is 30.3 Å². The Hall–Kier alpha value is -3.14. The number of carbonyl (C=O) groups excluding carboxylic acids is 4. The highest BCUT2D eigenvalue weighted by Crippen LogP contribution is 2.14. The van der Waals surface area contributed by atoms with Crippen LogP contribution in [0.25, 0.3) is 0 Å². The van der Waals surface area contributed by atoms with E-state index in [9.17, 15) is 19.2 Å². The Balaban J connectivity index is 1.48. The van der Waals surface area contributed by atoms with E-state index in [1.54, 1.807) is 12.1 Å². The fraction of sp³-hybridized carbons (Fsp3) is 0.500. The van der Waals surface area contributed by atoms with Gasteiger partial charge in [-0.3, -0.25) is 19.2 Å². The first kappa shape index (κ1) is 21.6. The second kappa shape index (κ2) is 10.6. The summed E-state index contributed by atoms with van der Waals surface area (Å²) < 4.78 is 10.6. The van der Waals surface area contributed by atoms with Crippen molar-refractivity contribution in [2.75, 3.05) is 39.4 Å². The van der Waals surface area contributed by atoms with Crippen LogP contribution in [0.3, 0.4) is 0 Å². The molecule has 0 aromatic heterocycles. The van der Waals surface area contributed by atoms with Crippen LogP contribution in [0, 0.1) is 0 Å². The van der Waals surface area contributed by atoms with Crippen LogP contribution in [0.2, 0.25) is 0 Å². The molecule has 0 spiro atoms. The van der Waals surface area contributed by atoms with Gasteiger partial charge in [0.25, 0.3) is 0 Å². The third kappa shape index (κ3) is 5.93. The number of para-hydroxylation sites is 1. The average molecular weight is 418 g/mol. The number of hydrogen-bond acceptors (Lipinski definition) is 7. The van der Waals surface area contributed by atoms with E-state index in [4.69, 9.17) is 9.47 Å². The summed E-state index contributed by atoms with van der Waals surface area (Å²) in [6.07, 6.45) is -0.331. The highest BCUT2D eigenvalue weighted by atomic mass is 16.6. The van der Waals surface area contributed by atoms with Gasteiger partial charge in [0.2, 0.25) is 17.7 Å². The lowest BCUT2D eigenvalue weighted by Crippen LogP contribution is -2.60. The van der Waals surface area contributed by atoms with Crippen LogP contribution in [0.5, 0.6) is 5.75 Å². The van der Waals surface area contributed by atoms with Gasteiger partial charge >= 0.3 is 5.97 Å². The van der Waals surface area contributed by atoms with Crippen molar-refractivity contribution in [3.63, 3.8) is 0 Å². The third-order valence-electron chi connectivity index (χ3n) is 4.88. The maximum atomic E-state index is 12.7. The molecule has 2 aliphatic heterocycles. The molecule has 162 valence electrons. The van der Waals surface area contributed by atoms with Crippen LogP contribution in [0.1, 0.15) is 12.8 Å². The molecule has 2 aliphatic rings. The molecular weight excluding hydrogens is 392 g/mol. The van der Waals surface area contributed by atoms with Gasteiger partial charge in [-0.2, -0.15) is 0 Å². The summed E-state index contributed by atoms with van der Waals surface area (Å²) in [4.78, 5) is 50.4. The molecule has 2 unspecified atom stereocenters. The first-order valence-corrected chi connectivity index (χ1v) is 9.96. The molecule has 3 amide bonds. The molecule has 2 heterocycles. The van der Waals surface area contributed by atoms with Gasteiger partial charge in [0.1, 0.15) is 25.0 Å². The zero-order chi connectivity index (χ0) is 21.3. The molecule has 3 N–H and O–H groups in total. The first-order valence-electron chi connectivity index (χ1n) is 9.96. The highest BCUT2D eigenvalue weighted by molar-refractivity contribution is 5.94. The smallest absolute Gasteiger partial charge is 0.308 e. The molecule has 10 heteroatoms. The van der Waals surface area contributed by atoms with Crippen LogP contribution in [-0.2, 0) is 23.9 Å². The minimum absolute atomic E-state index is 0.0299. The molecule has 2 atom stereocenters. The predicted molar refractivity (Wildman–Crippen MR) is 105 cm³/mol. The van der Waals surface area contributed by atoms with E-state index in [0.717, 1.165) is 0 Å². The molecule has 2 fully saturated rings. The number of nitrogens with zero attached hydrogens (tertiary/aromatic N) is 1. The summed E-state index contributed by atoms with van der Waals surface area (Å²) in [5, 5.41) is 8.35. The van der Waals surface area contributed by atoms with Gasteiger partial charge in [-0.05, 0) is 12.1 Å². The number of rotatable bonds is 8. The Morgan fingerprint density at radius 3 is 2.50 bits per heavy atom. The van der Waals surface area contributed by atoms with Crippen LogP contribution < -0.4 is 20.7 Å². The molecular formula is C20H26N4O6. The minimum Gasteiger partial charge on any atom is -0.490 e. The lowest BCUT2D eigenvalue weighted by atomic mass is 10.1. The molecule has 3 rings (SSSR count). The number of piperazine rings is 2. The van der Waals surface area contributed by atoms with Crippen molar-refractivity contribution in [2.24, 2.45) is 0 Å². The van der Waals surface area contributed by atoms with Crippen molar-refractivity contribution in [3.8, 4) is 5.75 Å². The summed E-state index contributed by atoms with van der Waals surface area (Å²) in [6.45, 7) is 1.86. The van der Waals surface area contributed by atoms with Gasteiger partial charge in [0, 0.05) is 26.2 Å². The zero-order valence-electron chi connectivity index (χ0n) is 16.6. The Morgan fingerprint density at radius 2 is 1.73 bits per heavy atom. The summed E-state index contributed by atoms with van der Waals surface area (Å²) in [5.41, 5.74) is 0. The molecule has 2 saturated heterocycles. The Bertz CT molecular complexity index is 772. The predicted octanol–water partition coefficient (Wildman–Crippen LogP) is -1.20. The number of amides is 3. The summed E-state index contributed by atoms with van der Waals surface area (Å²) in [5.74, 6) is -0.944. The summed E-state index contributed by atoms with van der Waals surface area (Å²) >= 11 is 0. The average Bonchev–Trinajstić information content (AvgIpc) is 2.75. The van der Waals surface area contributed by atoms with Crippen molar-refractivity contribution in [1.82, 2.24) is 20.9 Å². The number of nitrogens with one attached hydrogen (secondary N) is 3. The Morgan fingerprint density at radius 1 is 0.967 bits per heavy atom. The molecule has 1 aromatic rings. The highest BCUT2D eigenvalue weighted by Gasteiger charge is 2.37. The van der Waals surface area contributed by atoms with E-state index in [0.29, 0.717) is 25.4 Å². The summed E-state index contributed by atoms with van der Waals surface area (Å²) in [6, 6.07) is 7.52. The van der Waals surface area contributed by atoms with Gasteiger partial charge in [-0.25, -0.2) is 0 Å². The van der Waals surface area contributed by atoms with Crippen molar-refractivity contribution >= 4 is 23.7 Å². The fourth-order valence-electron chi connectivity index (χ4n) is 3.37. The molecule has 0 bridgehead atoms. The minimum atomic E-state index is -0.958. The lowest BCUT2D eigenvalue weighted by Gasteiger charge is -2.35. The molecule has 1 aromatic carbocycles. The number of carbonyl (C=O) groups is 4. The monoisotopic (exact) mass is 418 g/mol. The SMILES string of the molecule is O=C(CC1C(=O)NCCN1C(=O)CC1NCCNC1=O)OCCOc1ccccc1. The topological polar surface area (TPSA) is 126 Å². The number of ether oxygens (including phenoxy) is 2. The normalized spacial score (nSPS) is 21.4. The third-order valence-corrected chi connectivity index (χ3v) is 4.88. The number of esters is 1. The number of hydrogen-bond donors (Lipinski definition) is 3. The maximum Gasteiger partial charge on any atom is 0.308 e. The molecule has 0 saturated carbocycles. The van der Waals surface area contributed by atoms with Crippen LogP contribution >= 0.6 is 0 Å². The molecule has 0 aliphatic carbocycles. The van der Waals surface area contributed by atoms with E-state index in [1.807, 2.05) is 18.2 Å². The zero-order valence-corrected chi connectivity index (χ0v) is 16.6. The molecule has 10 nitrogen and oxygen atoms in total. The van der Waals surface area contributed by atoms with Crippen LogP contribution in [-0.4, -0.2) is 80.1 Å². The van der Waals surface area contributed by atoms with Crippen LogP contribution in [0.15, 0.2) is 30.3 Å². The molecule has 30 heavy (non-hydrogen) atoms. The van der Waals surface area contributed by atoms with Crippen LogP contribution in [0.4, 0.5) is 0 Å². The van der Waals surface area contributed by atoms with E-state index in [1.165, 1.54) is 4.90 Å². The molecule has 0 radical (unpaired) electrons. The summed E-state index contributed by atoms with van der Waals surface area (Å²) in [7, 11) is 0. The second-order valence-electron chi connectivity index (χ2n) is 6.98. The van der Waals surface area contributed by atoms with Gasteiger partial charge < -0.3 is 30.3 Å². The second-order valence-corrected chi connectivity index (χ2v) is 6.98. The van der Waals surface area contributed by atoms with Gasteiger partial charge in [0.15, 0.2) is 0 Å². The number of benzene rings is 1. The van der Waals surface area contributed by atoms with Crippen molar-refractivity contribution in [2.45, 2.75) is 24.9 Å². The van der Waals surface area contributed by atoms with E-state index < -0.39 is 24.0 Å². The maximum absolute atomic E-state index is 12.7. The van der Waals surface area contributed by atoms with Gasteiger partial charge in [0.05, 0.1) is 18.9 Å².